The molecule has 0 amide bonds. The number of carbonyl (C=O) groups is 1. The number of halogens is 2. The van der Waals surface area contributed by atoms with Gasteiger partial charge >= 0.3 is 5.97 Å². The minimum atomic E-state index is -1.09. The molecule has 0 unspecified atom stereocenters. The third kappa shape index (κ3) is 2.61. The highest BCUT2D eigenvalue weighted by Crippen LogP contribution is 2.28. The number of rotatable bonds is 3. The van der Waals surface area contributed by atoms with Gasteiger partial charge in [0.25, 0.3) is 0 Å². The van der Waals surface area contributed by atoms with Crippen molar-refractivity contribution in [2.75, 3.05) is 7.11 Å². The molecule has 5 heteroatoms. The monoisotopic (exact) mass is 278 g/mol. The fraction of sp³-hybridized carbons (Fsp3) is 0.133. The highest BCUT2D eigenvalue weighted by Gasteiger charge is 2.23. The van der Waals surface area contributed by atoms with Crippen molar-refractivity contribution in [1.29, 1.82) is 0 Å². The van der Waals surface area contributed by atoms with E-state index in [2.05, 4.69) is 0 Å². The Balaban J connectivity index is 2.41. The van der Waals surface area contributed by atoms with E-state index in [1.54, 1.807) is 30.3 Å². The average Bonchev–Trinajstić information content (AvgIpc) is 2.45. The number of para-hydroxylation sites is 1. The standard InChI is InChI=1S/C15H12F2O3/c1-9-13(12(19-2)8-11(16)14(9)17)15(18)20-10-6-4-3-5-7-10/h3-8H,1-2H3. The maximum atomic E-state index is 13.6. The van der Waals surface area contributed by atoms with Crippen molar-refractivity contribution in [2.24, 2.45) is 0 Å². The Labute approximate surface area is 114 Å². The first-order valence-corrected chi connectivity index (χ1v) is 5.84. The van der Waals surface area contributed by atoms with E-state index >= 15 is 0 Å². The molecule has 0 atom stereocenters. The molecular formula is C15H12F2O3. The number of benzene rings is 2. The number of hydrogen-bond acceptors (Lipinski definition) is 3. The number of methoxy groups -OCH3 is 1. The molecule has 0 radical (unpaired) electrons. The Morgan fingerprint density at radius 3 is 2.40 bits per heavy atom. The van der Waals surface area contributed by atoms with Crippen LogP contribution in [0, 0.1) is 18.6 Å². The van der Waals surface area contributed by atoms with Crippen LogP contribution < -0.4 is 9.47 Å². The zero-order valence-electron chi connectivity index (χ0n) is 10.9. The molecule has 0 aliphatic carbocycles. The second kappa shape index (κ2) is 5.69. The van der Waals surface area contributed by atoms with Crippen molar-refractivity contribution in [3.05, 3.63) is 59.2 Å². The molecule has 0 aromatic heterocycles. The SMILES string of the molecule is COc1cc(F)c(F)c(C)c1C(=O)Oc1ccccc1. The van der Waals surface area contributed by atoms with Gasteiger partial charge in [0.15, 0.2) is 11.6 Å². The summed E-state index contributed by atoms with van der Waals surface area (Å²) in [7, 11) is 1.27. The normalized spacial score (nSPS) is 10.2. The maximum absolute atomic E-state index is 13.6. The lowest BCUT2D eigenvalue weighted by Gasteiger charge is -2.12. The van der Waals surface area contributed by atoms with Crippen LogP contribution in [0.4, 0.5) is 8.78 Å². The number of hydrogen-bond donors (Lipinski definition) is 0. The van der Waals surface area contributed by atoms with Crippen molar-refractivity contribution in [3.63, 3.8) is 0 Å². The summed E-state index contributed by atoms with van der Waals surface area (Å²) in [5.41, 5.74) is -0.280. The molecule has 0 spiro atoms. The molecule has 3 nitrogen and oxygen atoms in total. The second-order valence-electron chi connectivity index (χ2n) is 4.08. The van der Waals surface area contributed by atoms with E-state index in [0.29, 0.717) is 5.75 Å². The lowest BCUT2D eigenvalue weighted by Crippen LogP contribution is -2.14. The van der Waals surface area contributed by atoms with Crippen LogP contribution >= 0.6 is 0 Å². The molecule has 104 valence electrons. The highest BCUT2D eigenvalue weighted by molar-refractivity contribution is 5.95. The van der Waals surface area contributed by atoms with Gasteiger partial charge < -0.3 is 9.47 Å². The van der Waals surface area contributed by atoms with Gasteiger partial charge in [-0.25, -0.2) is 13.6 Å². The van der Waals surface area contributed by atoms with Gasteiger partial charge in [-0.3, -0.25) is 0 Å². The van der Waals surface area contributed by atoms with Gasteiger partial charge in [-0.2, -0.15) is 0 Å². The molecule has 0 heterocycles. The second-order valence-corrected chi connectivity index (χ2v) is 4.08. The van der Waals surface area contributed by atoms with Crippen LogP contribution in [-0.2, 0) is 0 Å². The van der Waals surface area contributed by atoms with Crippen LogP contribution in [0.3, 0.4) is 0 Å². The topological polar surface area (TPSA) is 35.5 Å². The number of ether oxygens (including phenoxy) is 2. The zero-order chi connectivity index (χ0) is 14.7. The number of esters is 1. The molecule has 0 aliphatic rings. The Hall–Kier alpha value is -2.43. The largest absolute Gasteiger partial charge is 0.496 e. The van der Waals surface area contributed by atoms with E-state index in [4.69, 9.17) is 9.47 Å². The Morgan fingerprint density at radius 2 is 1.80 bits per heavy atom. The summed E-state index contributed by atoms with van der Waals surface area (Å²) < 4.78 is 36.9. The molecule has 0 fully saturated rings. The van der Waals surface area contributed by atoms with Crippen LogP contribution in [0.2, 0.25) is 0 Å². The predicted octanol–water partition coefficient (Wildman–Crippen LogP) is 3.50. The minimum absolute atomic E-state index is 0.0673. The fourth-order valence-electron chi connectivity index (χ4n) is 1.79. The van der Waals surface area contributed by atoms with Crippen molar-refractivity contribution in [3.8, 4) is 11.5 Å². The van der Waals surface area contributed by atoms with Crippen LogP contribution in [-0.4, -0.2) is 13.1 Å². The lowest BCUT2D eigenvalue weighted by molar-refractivity contribution is 0.0729. The molecule has 2 aromatic carbocycles. The van der Waals surface area contributed by atoms with E-state index in [0.717, 1.165) is 6.07 Å². The van der Waals surface area contributed by atoms with Crippen LogP contribution in [0.1, 0.15) is 15.9 Å². The summed E-state index contributed by atoms with van der Waals surface area (Å²) in [5.74, 6) is -2.73. The first kappa shape index (κ1) is 14.0. The third-order valence-corrected chi connectivity index (χ3v) is 2.80. The van der Waals surface area contributed by atoms with Crippen molar-refractivity contribution in [1.82, 2.24) is 0 Å². The van der Waals surface area contributed by atoms with E-state index in [9.17, 15) is 13.6 Å². The van der Waals surface area contributed by atoms with Crippen LogP contribution in [0.5, 0.6) is 11.5 Å². The molecule has 2 aromatic rings. The molecular weight excluding hydrogens is 266 g/mol. The first-order chi connectivity index (χ1) is 9.54. The highest BCUT2D eigenvalue weighted by atomic mass is 19.2. The summed E-state index contributed by atoms with van der Waals surface area (Å²) in [6.07, 6.45) is 0. The van der Waals surface area contributed by atoms with Crippen LogP contribution in [0.25, 0.3) is 0 Å². The van der Waals surface area contributed by atoms with E-state index in [1.807, 2.05) is 0 Å². The van der Waals surface area contributed by atoms with Gasteiger partial charge in [-0.1, -0.05) is 18.2 Å². The molecule has 0 saturated heterocycles. The van der Waals surface area contributed by atoms with Gasteiger partial charge in [0.1, 0.15) is 17.1 Å². The Morgan fingerprint density at radius 1 is 1.15 bits per heavy atom. The fourth-order valence-corrected chi connectivity index (χ4v) is 1.79. The molecule has 0 bridgehead atoms. The van der Waals surface area contributed by atoms with Gasteiger partial charge in [-0.05, 0) is 19.1 Å². The summed E-state index contributed by atoms with van der Waals surface area (Å²) in [4.78, 5) is 12.1. The van der Waals surface area contributed by atoms with Crippen molar-refractivity contribution < 1.29 is 23.0 Å². The van der Waals surface area contributed by atoms with Gasteiger partial charge in [0, 0.05) is 11.6 Å². The van der Waals surface area contributed by atoms with E-state index < -0.39 is 17.6 Å². The summed E-state index contributed by atoms with van der Waals surface area (Å²) in [6, 6.07) is 9.14. The molecule has 0 saturated carbocycles. The van der Waals surface area contributed by atoms with Crippen molar-refractivity contribution in [2.45, 2.75) is 6.92 Å². The lowest BCUT2D eigenvalue weighted by atomic mass is 10.1. The van der Waals surface area contributed by atoms with Gasteiger partial charge in [-0.15, -0.1) is 0 Å². The molecule has 20 heavy (non-hydrogen) atoms. The summed E-state index contributed by atoms with van der Waals surface area (Å²) in [6.45, 7) is 1.29. The average molecular weight is 278 g/mol. The van der Waals surface area contributed by atoms with E-state index in [-0.39, 0.29) is 16.9 Å². The summed E-state index contributed by atoms with van der Waals surface area (Å²) in [5, 5.41) is 0. The van der Waals surface area contributed by atoms with Crippen molar-refractivity contribution >= 4 is 5.97 Å². The minimum Gasteiger partial charge on any atom is -0.496 e. The molecule has 2 rings (SSSR count). The molecule has 0 aliphatic heterocycles. The smallest absolute Gasteiger partial charge is 0.347 e. The quantitative estimate of drug-likeness (QED) is 0.636. The Kier molecular flexibility index (Phi) is 3.98. The van der Waals surface area contributed by atoms with Gasteiger partial charge in [0.2, 0.25) is 0 Å². The molecule has 0 N–H and O–H groups in total. The maximum Gasteiger partial charge on any atom is 0.347 e. The first-order valence-electron chi connectivity index (χ1n) is 5.84. The summed E-state index contributed by atoms with van der Waals surface area (Å²) >= 11 is 0. The Bertz CT molecular complexity index is 639. The number of carbonyl (C=O) groups excluding carboxylic acids is 1. The van der Waals surface area contributed by atoms with Gasteiger partial charge in [0.05, 0.1) is 7.11 Å². The van der Waals surface area contributed by atoms with E-state index in [1.165, 1.54) is 14.0 Å². The zero-order valence-corrected chi connectivity index (χ0v) is 10.9. The predicted molar refractivity (Wildman–Crippen MR) is 69.0 cm³/mol. The third-order valence-electron chi connectivity index (χ3n) is 2.80. The van der Waals surface area contributed by atoms with Crippen LogP contribution in [0.15, 0.2) is 36.4 Å².